The largest absolute Gasteiger partial charge is 0.350 e. The van der Waals surface area contributed by atoms with Gasteiger partial charge in [0.05, 0.1) is 17.4 Å². The van der Waals surface area contributed by atoms with Gasteiger partial charge in [0.15, 0.2) is 0 Å². The van der Waals surface area contributed by atoms with Crippen LogP contribution in [0, 0.1) is 0 Å². The molecule has 0 saturated carbocycles. The maximum Gasteiger partial charge on any atom is 0.350 e. The van der Waals surface area contributed by atoms with Crippen molar-refractivity contribution in [2.24, 2.45) is 0 Å². The molecule has 1 N–H and O–H groups in total. The van der Waals surface area contributed by atoms with Crippen molar-refractivity contribution in [2.75, 3.05) is 6.26 Å². The molecule has 112 valence electrons. The number of amides is 2. The second-order valence-corrected chi connectivity index (χ2v) is 6.25. The van der Waals surface area contributed by atoms with Gasteiger partial charge in [0.1, 0.15) is 6.04 Å². The molecule has 0 bridgehead atoms. The Hall–Kier alpha value is -2.26. The van der Waals surface area contributed by atoms with E-state index in [1.54, 1.807) is 12.1 Å². The van der Waals surface area contributed by atoms with Gasteiger partial charge in [0.2, 0.25) is 10.0 Å². The average molecular weight is 312 g/mol. The standard InChI is InChI=1S/C12H12N2O6S/c1-7(13-21(2,18)19)12(17)20-14-10(15)8-5-3-4-6-9(8)11(14)16/h3-7,13H,1-2H3. The minimum absolute atomic E-state index is 0.124. The number of hydrogen-bond acceptors (Lipinski definition) is 6. The number of carbonyl (C=O) groups is 3. The highest BCUT2D eigenvalue weighted by Crippen LogP contribution is 2.22. The first kappa shape index (κ1) is 15.1. The highest BCUT2D eigenvalue weighted by Gasteiger charge is 2.39. The summed E-state index contributed by atoms with van der Waals surface area (Å²) in [4.78, 5) is 40.3. The van der Waals surface area contributed by atoms with Crippen molar-refractivity contribution in [2.45, 2.75) is 13.0 Å². The van der Waals surface area contributed by atoms with Crippen molar-refractivity contribution in [1.82, 2.24) is 9.79 Å². The van der Waals surface area contributed by atoms with Crippen molar-refractivity contribution >= 4 is 27.8 Å². The van der Waals surface area contributed by atoms with E-state index in [-0.39, 0.29) is 11.1 Å². The first-order valence-electron chi connectivity index (χ1n) is 5.87. The van der Waals surface area contributed by atoms with Gasteiger partial charge in [-0.3, -0.25) is 9.59 Å². The molecule has 0 aromatic heterocycles. The van der Waals surface area contributed by atoms with Gasteiger partial charge in [0, 0.05) is 0 Å². The van der Waals surface area contributed by atoms with E-state index in [1.165, 1.54) is 19.1 Å². The SMILES string of the molecule is CC(NS(C)(=O)=O)C(=O)ON1C(=O)c2ccccc2C1=O. The monoisotopic (exact) mass is 312 g/mol. The summed E-state index contributed by atoms with van der Waals surface area (Å²) in [5.41, 5.74) is 0.248. The van der Waals surface area contributed by atoms with E-state index in [9.17, 15) is 22.8 Å². The molecule has 0 saturated heterocycles. The van der Waals surface area contributed by atoms with Gasteiger partial charge in [-0.1, -0.05) is 17.2 Å². The van der Waals surface area contributed by atoms with E-state index in [0.717, 1.165) is 6.26 Å². The number of hydroxylamine groups is 2. The summed E-state index contributed by atoms with van der Waals surface area (Å²) in [5, 5.41) is 0.327. The lowest BCUT2D eigenvalue weighted by atomic mass is 10.1. The fourth-order valence-corrected chi connectivity index (χ4v) is 2.53. The molecular formula is C12H12N2O6S. The third-order valence-electron chi connectivity index (χ3n) is 2.68. The average Bonchev–Trinajstić information content (AvgIpc) is 2.62. The van der Waals surface area contributed by atoms with Crippen LogP contribution in [0.5, 0.6) is 0 Å². The Labute approximate surface area is 120 Å². The van der Waals surface area contributed by atoms with Crippen LogP contribution in [0.15, 0.2) is 24.3 Å². The third kappa shape index (κ3) is 3.09. The van der Waals surface area contributed by atoms with Gasteiger partial charge in [0.25, 0.3) is 11.8 Å². The summed E-state index contributed by atoms with van der Waals surface area (Å²) in [6.07, 6.45) is 0.874. The summed E-state index contributed by atoms with van der Waals surface area (Å²) < 4.78 is 24.0. The second kappa shape index (κ2) is 5.26. The van der Waals surface area contributed by atoms with Crippen LogP contribution in [0.4, 0.5) is 0 Å². The summed E-state index contributed by atoms with van der Waals surface area (Å²) in [6, 6.07) is 4.78. The molecule has 1 aliphatic rings. The topological polar surface area (TPSA) is 110 Å². The molecule has 9 heteroatoms. The van der Waals surface area contributed by atoms with Crippen molar-refractivity contribution < 1.29 is 27.6 Å². The van der Waals surface area contributed by atoms with Crippen molar-refractivity contribution in [1.29, 1.82) is 0 Å². The van der Waals surface area contributed by atoms with E-state index in [2.05, 4.69) is 0 Å². The molecule has 21 heavy (non-hydrogen) atoms. The Morgan fingerprint density at radius 3 is 2.10 bits per heavy atom. The van der Waals surface area contributed by atoms with Gasteiger partial charge >= 0.3 is 5.97 Å². The van der Waals surface area contributed by atoms with Crippen LogP contribution in [0.2, 0.25) is 0 Å². The van der Waals surface area contributed by atoms with E-state index < -0.39 is 33.8 Å². The van der Waals surface area contributed by atoms with Crippen molar-refractivity contribution in [3.63, 3.8) is 0 Å². The molecule has 1 aromatic rings. The fourth-order valence-electron chi connectivity index (χ4n) is 1.79. The van der Waals surface area contributed by atoms with Crippen molar-refractivity contribution in [3.8, 4) is 0 Å². The van der Waals surface area contributed by atoms with E-state index in [0.29, 0.717) is 5.06 Å². The molecule has 2 rings (SSSR count). The Balaban J connectivity index is 2.14. The van der Waals surface area contributed by atoms with Gasteiger partial charge < -0.3 is 4.84 Å². The number of nitrogens with one attached hydrogen (secondary N) is 1. The molecule has 1 aliphatic heterocycles. The first-order valence-corrected chi connectivity index (χ1v) is 7.77. The second-order valence-electron chi connectivity index (χ2n) is 4.47. The number of fused-ring (bicyclic) bond motifs is 1. The Kier molecular flexibility index (Phi) is 3.79. The van der Waals surface area contributed by atoms with Crippen LogP contribution in [0.1, 0.15) is 27.6 Å². The van der Waals surface area contributed by atoms with Gasteiger partial charge in [-0.15, -0.1) is 0 Å². The normalized spacial score (nSPS) is 15.8. The van der Waals surface area contributed by atoms with Crippen LogP contribution >= 0.6 is 0 Å². The molecule has 0 fully saturated rings. The van der Waals surface area contributed by atoms with Crippen LogP contribution in [0.25, 0.3) is 0 Å². The fraction of sp³-hybridized carbons (Fsp3) is 0.250. The molecular weight excluding hydrogens is 300 g/mol. The lowest BCUT2D eigenvalue weighted by Crippen LogP contribution is -2.43. The molecule has 1 heterocycles. The van der Waals surface area contributed by atoms with E-state index in [4.69, 9.17) is 4.84 Å². The molecule has 0 radical (unpaired) electrons. The number of nitrogens with zero attached hydrogens (tertiary/aromatic N) is 1. The molecule has 1 aromatic carbocycles. The zero-order valence-corrected chi connectivity index (χ0v) is 12.0. The first-order chi connectivity index (χ1) is 9.70. The molecule has 0 aliphatic carbocycles. The third-order valence-corrected chi connectivity index (χ3v) is 3.46. The van der Waals surface area contributed by atoms with Crippen LogP contribution in [-0.2, 0) is 19.7 Å². The predicted molar refractivity (Wildman–Crippen MR) is 70.5 cm³/mol. The minimum Gasteiger partial charge on any atom is -0.328 e. The highest BCUT2D eigenvalue weighted by molar-refractivity contribution is 7.88. The number of rotatable bonds is 4. The Bertz CT molecular complexity index is 692. The molecule has 0 spiro atoms. The number of imide groups is 1. The minimum atomic E-state index is -3.62. The molecule has 1 atom stereocenters. The highest BCUT2D eigenvalue weighted by atomic mass is 32.2. The number of benzene rings is 1. The van der Waals surface area contributed by atoms with Gasteiger partial charge in [-0.2, -0.15) is 0 Å². The van der Waals surface area contributed by atoms with Gasteiger partial charge in [-0.25, -0.2) is 17.9 Å². The zero-order valence-electron chi connectivity index (χ0n) is 11.2. The summed E-state index contributed by atoms with van der Waals surface area (Å²) >= 11 is 0. The van der Waals surface area contributed by atoms with Crippen LogP contribution < -0.4 is 4.72 Å². The number of hydrogen-bond donors (Lipinski definition) is 1. The smallest absolute Gasteiger partial charge is 0.328 e. The number of carbonyl (C=O) groups excluding carboxylic acids is 3. The van der Waals surface area contributed by atoms with E-state index >= 15 is 0 Å². The Morgan fingerprint density at radius 2 is 1.67 bits per heavy atom. The maximum atomic E-state index is 11.9. The summed E-state index contributed by atoms with van der Waals surface area (Å²) in [6.45, 7) is 1.24. The predicted octanol–water partition coefficient (Wildman–Crippen LogP) is -0.321. The van der Waals surface area contributed by atoms with Crippen LogP contribution in [0.3, 0.4) is 0 Å². The van der Waals surface area contributed by atoms with Gasteiger partial charge in [-0.05, 0) is 19.1 Å². The van der Waals surface area contributed by atoms with Crippen LogP contribution in [-0.4, -0.2) is 43.6 Å². The summed E-state index contributed by atoms with van der Waals surface area (Å²) in [5.74, 6) is -2.60. The lowest BCUT2D eigenvalue weighted by Gasteiger charge is -2.16. The molecule has 1 unspecified atom stereocenters. The zero-order chi connectivity index (χ0) is 15.8. The molecule has 2 amide bonds. The maximum absolute atomic E-state index is 11.9. The quantitative estimate of drug-likeness (QED) is 0.763. The summed E-state index contributed by atoms with van der Waals surface area (Å²) in [7, 11) is -3.62. The Morgan fingerprint density at radius 1 is 1.19 bits per heavy atom. The van der Waals surface area contributed by atoms with E-state index in [1.807, 2.05) is 4.72 Å². The lowest BCUT2D eigenvalue weighted by molar-refractivity contribution is -0.170. The number of sulfonamides is 1. The van der Waals surface area contributed by atoms with Crippen molar-refractivity contribution in [3.05, 3.63) is 35.4 Å². The molecule has 8 nitrogen and oxygen atoms in total.